The normalized spacial score (nSPS) is 21.5. The third-order valence-electron chi connectivity index (χ3n) is 3.60. The molecule has 1 aromatic rings. The number of hydrogen-bond donors (Lipinski definition) is 1. The van der Waals surface area contributed by atoms with Gasteiger partial charge in [-0.2, -0.15) is 5.26 Å². The molecular formula is C16H19N3O2. The molecule has 2 rings (SSSR count). The van der Waals surface area contributed by atoms with E-state index in [-0.39, 0.29) is 24.8 Å². The van der Waals surface area contributed by atoms with Crippen molar-refractivity contribution in [3.8, 4) is 6.07 Å². The SMILES string of the molecule is CC(C)CC1(c2ccccc2)NC(=O)N(CCC#N)C1=O. The molecule has 1 N–H and O–H groups in total. The molecule has 1 aliphatic heterocycles. The minimum Gasteiger partial charge on any atom is -0.319 e. The number of imide groups is 1. The molecule has 1 atom stereocenters. The van der Waals surface area contributed by atoms with Gasteiger partial charge < -0.3 is 5.32 Å². The van der Waals surface area contributed by atoms with E-state index in [2.05, 4.69) is 5.32 Å². The lowest BCUT2D eigenvalue weighted by Gasteiger charge is -2.29. The van der Waals surface area contributed by atoms with E-state index in [0.717, 1.165) is 10.5 Å². The highest BCUT2D eigenvalue weighted by molar-refractivity contribution is 6.07. The Kier molecular flexibility index (Phi) is 4.27. The lowest BCUT2D eigenvalue weighted by atomic mass is 9.82. The molecule has 3 amide bonds. The van der Waals surface area contributed by atoms with E-state index in [4.69, 9.17) is 5.26 Å². The molecule has 1 heterocycles. The quantitative estimate of drug-likeness (QED) is 0.844. The molecule has 0 saturated carbocycles. The Morgan fingerprint density at radius 3 is 2.52 bits per heavy atom. The van der Waals surface area contributed by atoms with Crippen LogP contribution in [0.2, 0.25) is 0 Å². The van der Waals surface area contributed by atoms with Gasteiger partial charge in [0.25, 0.3) is 5.91 Å². The van der Waals surface area contributed by atoms with Crippen LogP contribution in [-0.4, -0.2) is 23.4 Å². The van der Waals surface area contributed by atoms with Gasteiger partial charge >= 0.3 is 6.03 Å². The van der Waals surface area contributed by atoms with Crippen molar-refractivity contribution in [2.45, 2.75) is 32.2 Å². The fourth-order valence-electron chi connectivity index (χ4n) is 2.78. The highest BCUT2D eigenvalue weighted by Crippen LogP contribution is 2.35. The van der Waals surface area contributed by atoms with Gasteiger partial charge in [-0.1, -0.05) is 44.2 Å². The number of nitrogens with one attached hydrogen (secondary N) is 1. The van der Waals surface area contributed by atoms with Gasteiger partial charge in [0.2, 0.25) is 0 Å². The number of carbonyl (C=O) groups is 2. The Bertz CT molecular complexity index is 577. The second kappa shape index (κ2) is 5.96. The first kappa shape index (κ1) is 15.0. The van der Waals surface area contributed by atoms with Gasteiger partial charge in [-0.3, -0.25) is 9.69 Å². The minimum absolute atomic E-state index is 0.133. The van der Waals surface area contributed by atoms with E-state index < -0.39 is 11.6 Å². The maximum atomic E-state index is 12.8. The molecule has 1 aromatic carbocycles. The fraction of sp³-hybridized carbons (Fsp3) is 0.438. The molecule has 5 heteroatoms. The predicted octanol–water partition coefficient (Wildman–Crippen LogP) is 2.39. The maximum absolute atomic E-state index is 12.8. The van der Waals surface area contributed by atoms with Crippen LogP contribution < -0.4 is 5.32 Å². The second-order valence-corrected chi connectivity index (χ2v) is 5.66. The van der Waals surface area contributed by atoms with Crippen molar-refractivity contribution in [2.24, 2.45) is 5.92 Å². The summed E-state index contributed by atoms with van der Waals surface area (Å²) in [5.41, 5.74) is -0.224. The molecule has 0 aliphatic carbocycles. The van der Waals surface area contributed by atoms with Crippen molar-refractivity contribution in [3.05, 3.63) is 35.9 Å². The van der Waals surface area contributed by atoms with Crippen LogP contribution in [0.5, 0.6) is 0 Å². The highest BCUT2D eigenvalue weighted by atomic mass is 16.2. The molecule has 0 aromatic heterocycles. The Morgan fingerprint density at radius 2 is 1.95 bits per heavy atom. The summed E-state index contributed by atoms with van der Waals surface area (Å²) in [5.74, 6) is -0.0203. The molecule has 110 valence electrons. The molecule has 1 aliphatic rings. The summed E-state index contributed by atoms with van der Waals surface area (Å²) >= 11 is 0. The van der Waals surface area contributed by atoms with Crippen molar-refractivity contribution in [1.82, 2.24) is 10.2 Å². The van der Waals surface area contributed by atoms with Crippen molar-refractivity contribution in [1.29, 1.82) is 5.26 Å². The first-order valence-corrected chi connectivity index (χ1v) is 7.08. The first-order valence-electron chi connectivity index (χ1n) is 7.08. The van der Waals surface area contributed by atoms with Gasteiger partial charge in [-0.05, 0) is 17.9 Å². The summed E-state index contributed by atoms with van der Waals surface area (Å²) in [6.45, 7) is 4.16. The van der Waals surface area contributed by atoms with E-state index in [1.165, 1.54) is 0 Å². The van der Waals surface area contributed by atoms with E-state index in [0.29, 0.717) is 6.42 Å². The van der Waals surface area contributed by atoms with Crippen molar-refractivity contribution in [2.75, 3.05) is 6.54 Å². The molecule has 1 unspecified atom stereocenters. The summed E-state index contributed by atoms with van der Waals surface area (Å²) < 4.78 is 0. The summed E-state index contributed by atoms with van der Waals surface area (Å²) in [6.07, 6.45) is 0.677. The van der Waals surface area contributed by atoms with E-state index >= 15 is 0 Å². The minimum atomic E-state index is -1.01. The average Bonchev–Trinajstić information content (AvgIpc) is 2.69. The summed E-state index contributed by atoms with van der Waals surface area (Å²) in [4.78, 5) is 26.1. The standard InChI is InChI=1S/C16H19N3O2/c1-12(2)11-16(13-7-4-3-5-8-13)14(20)19(10-6-9-17)15(21)18-16/h3-5,7-8,12H,6,10-11H2,1-2H3,(H,18,21). The molecule has 0 radical (unpaired) electrons. The molecule has 1 saturated heterocycles. The number of carbonyl (C=O) groups excluding carboxylic acids is 2. The zero-order valence-electron chi connectivity index (χ0n) is 12.3. The molecule has 1 fully saturated rings. The molecular weight excluding hydrogens is 266 g/mol. The number of nitriles is 1. The van der Waals surface area contributed by atoms with Gasteiger partial charge in [0.15, 0.2) is 0 Å². The number of rotatable bonds is 5. The molecule has 21 heavy (non-hydrogen) atoms. The van der Waals surface area contributed by atoms with Crippen molar-refractivity contribution in [3.63, 3.8) is 0 Å². The zero-order valence-corrected chi connectivity index (χ0v) is 12.3. The monoisotopic (exact) mass is 285 g/mol. The number of nitrogens with zero attached hydrogens (tertiary/aromatic N) is 2. The van der Waals surface area contributed by atoms with Gasteiger partial charge in [0.05, 0.1) is 12.5 Å². The van der Waals surface area contributed by atoms with Crippen LogP contribution in [-0.2, 0) is 10.3 Å². The predicted molar refractivity (Wildman–Crippen MR) is 78.0 cm³/mol. The lowest BCUT2D eigenvalue weighted by molar-refractivity contribution is -0.132. The van der Waals surface area contributed by atoms with Gasteiger partial charge in [-0.15, -0.1) is 0 Å². The first-order chi connectivity index (χ1) is 10.0. The average molecular weight is 285 g/mol. The van der Waals surface area contributed by atoms with Crippen LogP contribution in [0.1, 0.15) is 32.3 Å². The summed E-state index contributed by atoms with van der Waals surface area (Å²) in [7, 11) is 0. The lowest BCUT2D eigenvalue weighted by Crippen LogP contribution is -2.45. The third kappa shape index (κ3) is 2.75. The van der Waals surface area contributed by atoms with E-state index in [9.17, 15) is 9.59 Å². The van der Waals surface area contributed by atoms with Gasteiger partial charge in [-0.25, -0.2) is 4.79 Å². The maximum Gasteiger partial charge on any atom is 0.325 e. The number of urea groups is 1. The summed E-state index contributed by atoms with van der Waals surface area (Å²) in [5, 5.41) is 11.5. The van der Waals surface area contributed by atoms with Crippen molar-refractivity contribution >= 4 is 11.9 Å². The van der Waals surface area contributed by atoms with Crippen LogP contribution in [0.3, 0.4) is 0 Å². The molecule has 0 spiro atoms. The Morgan fingerprint density at radius 1 is 1.29 bits per heavy atom. The van der Waals surface area contributed by atoms with E-state index in [1.807, 2.05) is 50.2 Å². The van der Waals surface area contributed by atoms with Crippen LogP contribution in [0.25, 0.3) is 0 Å². The summed E-state index contributed by atoms with van der Waals surface area (Å²) in [6, 6.07) is 10.9. The molecule has 5 nitrogen and oxygen atoms in total. The number of amides is 3. The Balaban J connectivity index is 2.41. The van der Waals surface area contributed by atoms with Crippen LogP contribution >= 0.6 is 0 Å². The highest BCUT2D eigenvalue weighted by Gasteiger charge is 2.52. The Labute approximate surface area is 124 Å². The molecule has 0 bridgehead atoms. The van der Waals surface area contributed by atoms with Crippen LogP contribution in [0, 0.1) is 17.2 Å². The second-order valence-electron chi connectivity index (χ2n) is 5.66. The third-order valence-corrected chi connectivity index (χ3v) is 3.60. The van der Waals surface area contributed by atoms with Gasteiger partial charge in [0.1, 0.15) is 5.54 Å². The smallest absolute Gasteiger partial charge is 0.319 e. The largest absolute Gasteiger partial charge is 0.325 e. The number of benzene rings is 1. The number of hydrogen-bond acceptors (Lipinski definition) is 3. The Hall–Kier alpha value is -2.35. The van der Waals surface area contributed by atoms with Crippen LogP contribution in [0.15, 0.2) is 30.3 Å². The van der Waals surface area contributed by atoms with Crippen molar-refractivity contribution < 1.29 is 9.59 Å². The van der Waals surface area contributed by atoms with Gasteiger partial charge in [0, 0.05) is 6.54 Å². The van der Waals surface area contributed by atoms with E-state index in [1.54, 1.807) is 0 Å². The van der Waals surface area contributed by atoms with Crippen LogP contribution in [0.4, 0.5) is 4.79 Å². The fourth-order valence-corrected chi connectivity index (χ4v) is 2.78. The topological polar surface area (TPSA) is 73.2 Å². The zero-order chi connectivity index (χ0) is 15.5.